The van der Waals surface area contributed by atoms with Crippen molar-refractivity contribution in [2.45, 2.75) is 44.2 Å². The zero-order valence-electron chi connectivity index (χ0n) is 17.3. The minimum Gasteiger partial charge on any atom is -0.454 e. The van der Waals surface area contributed by atoms with Crippen molar-refractivity contribution in [3.8, 4) is 0 Å². The number of ether oxygens (including phenoxy) is 1. The van der Waals surface area contributed by atoms with E-state index in [0.29, 0.717) is 0 Å². The zero-order valence-corrected chi connectivity index (χ0v) is 17.3. The molecular weight excluding hydrogens is 406 g/mol. The molecule has 2 aromatic rings. The highest BCUT2D eigenvalue weighted by Crippen LogP contribution is 2.35. The van der Waals surface area contributed by atoms with Crippen molar-refractivity contribution in [2.24, 2.45) is 5.92 Å². The number of aliphatic hydroxyl groups excluding tert-OH is 1. The summed E-state index contributed by atoms with van der Waals surface area (Å²) < 4.78 is 33.8. The van der Waals surface area contributed by atoms with Crippen LogP contribution < -0.4 is 5.32 Å². The molecule has 8 heteroatoms. The van der Waals surface area contributed by atoms with Gasteiger partial charge < -0.3 is 15.2 Å². The van der Waals surface area contributed by atoms with E-state index >= 15 is 0 Å². The van der Waals surface area contributed by atoms with Gasteiger partial charge in [0.15, 0.2) is 6.10 Å². The fourth-order valence-corrected chi connectivity index (χ4v) is 4.08. The molecule has 1 fully saturated rings. The predicted octanol–water partition coefficient (Wildman–Crippen LogP) is 2.47. The molecular formula is C23H26F2N2O4. The fourth-order valence-electron chi connectivity index (χ4n) is 4.08. The van der Waals surface area contributed by atoms with E-state index in [1.54, 1.807) is 60.7 Å². The summed E-state index contributed by atoms with van der Waals surface area (Å²) in [5.41, 5.74) is 0.961. The van der Waals surface area contributed by atoms with Crippen molar-refractivity contribution < 1.29 is 28.2 Å². The maximum absolute atomic E-state index is 14.1. The molecule has 0 radical (unpaired) electrons. The van der Waals surface area contributed by atoms with E-state index < -0.39 is 48.5 Å². The first-order valence-corrected chi connectivity index (χ1v) is 10.1. The van der Waals surface area contributed by atoms with Gasteiger partial charge in [0, 0.05) is 19.5 Å². The second kappa shape index (κ2) is 9.98. The largest absolute Gasteiger partial charge is 0.454 e. The number of nitrogens with one attached hydrogen (secondary N) is 1. The SMILES string of the molecule is CNC(=O)[C@@H]1[C@@H](OC(=O)c2ccccc2)[C@@H](O)[C@H](C)[C@@H](C(F)F)N1Cc1ccccc1. The Kier molecular flexibility index (Phi) is 7.35. The highest BCUT2D eigenvalue weighted by Gasteiger charge is 2.54. The van der Waals surface area contributed by atoms with Crippen LogP contribution in [0.2, 0.25) is 0 Å². The van der Waals surface area contributed by atoms with Gasteiger partial charge in [-0.15, -0.1) is 0 Å². The van der Waals surface area contributed by atoms with E-state index in [9.17, 15) is 23.5 Å². The van der Waals surface area contributed by atoms with Crippen molar-refractivity contribution >= 4 is 11.9 Å². The van der Waals surface area contributed by atoms with Gasteiger partial charge >= 0.3 is 5.97 Å². The molecule has 1 saturated heterocycles. The van der Waals surface area contributed by atoms with Crippen molar-refractivity contribution in [2.75, 3.05) is 7.05 Å². The van der Waals surface area contributed by atoms with Crippen molar-refractivity contribution in [1.82, 2.24) is 10.2 Å². The molecule has 5 atom stereocenters. The van der Waals surface area contributed by atoms with Gasteiger partial charge in [-0.05, 0) is 17.7 Å². The number of alkyl halides is 2. The number of carbonyl (C=O) groups is 2. The Bertz CT molecular complexity index is 882. The second-order valence-corrected chi connectivity index (χ2v) is 7.63. The molecule has 1 heterocycles. The van der Waals surface area contributed by atoms with Crippen LogP contribution in [0.5, 0.6) is 0 Å². The molecule has 0 saturated carbocycles. The standard InChI is InChI=1S/C23H26F2N2O4/c1-14-17(21(24)25)27(13-15-9-5-3-6-10-15)18(22(29)26-2)20(19(14)28)31-23(30)16-11-7-4-8-12-16/h3-12,14,17-21,28H,13H2,1-2H3,(H,26,29)/t14-,17+,18+,19+,20-/m1/s1. The number of amides is 1. The van der Waals surface area contributed by atoms with Crippen molar-refractivity contribution in [3.05, 3.63) is 71.8 Å². The molecule has 0 unspecified atom stereocenters. The molecule has 1 aliphatic rings. The van der Waals surface area contributed by atoms with Gasteiger partial charge in [0.1, 0.15) is 6.04 Å². The molecule has 0 aliphatic carbocycles. The van der Waals surface area contributed by atoms with Crippen molar-refractivity contribution in [3.63, 3.8) is 0 Å². The molecule has 6 nitrogen and oxygen atoms in total. The number of nitrogens with zero attached hydrogens (tertiary/aromatic N) is 1. The van der Waals surface area contributed by atoms with Gasteiger partial charge in [-0.2, -0.15) is 0 Å². The summed E-state index contributed by atoms with van der Waals surface area (Å²) in [5.74, 6) is -2.29. The molecule has 1 aliphatic heterocycles. The third kappa shape index (κ3) is 4.91. The van der Waals surface area contributed by atoms with E-state index in [-0.39, 0.29) is 12.1 Å². The first kappa shape index (κ1) is 22.8. The van der Waals surface area contributed by atoms with Gasteiger partial charge in [-0.3, -0.25) is 9.69 Å². The Morgan fingerprint density at radius 1 is 1.10 bits per heavy atom. The zero-order chi connectivity index (χ0) is 22.5. The maximum atomic E-state index is 14.1. The highest BCUT2D eigenvalue weighted by molar-refractivity contribution is 5.90. The number of hydrogen-bond acceptors (Lipinski definition) is 5. The number of benzene rings is 2. The van der Waals surface area contributed by atoms with Crippen LogP contribution in [0.25, 0.3) is 0 Å². The third-order valence-corrected chi connectivity index (χ3v) is 5.70. The average molecular weight is 432 g/mol. The summed E-state index contributed by atoms with van der Waals surface area (Å²) in [6, 6.07) is 14.3. The number of rotatable bonds is 6. The first-order valence-electron chi connectivity index (χ1n) is 10.1. The number of likely N-dealkylation sites (N-methyl/N-ethyl adjacent to an activating group) is 1. The van der Waals surface area contributed by atoms with E-state index in [1.807, 2.05) is 0 Å². The predicted molar refractivity (Wildman–Crippen MR) is 110 cm³/mol. The molecule has 31 heavy (non-hydrogen) atoms. The lowest BCUT2D eigenvalue weighted by Crippen LogP contribution is -2.69. The maximum Gasteiger partial charge on any atom is 0.338 e. The normalized spacial score (nSPS) is 26.5. The van der Waals surface area contributed by atoms with E-state index in [2.05, 4.69) is 5.32 Å². The molecule has 0 bridgehead atoms. The summed E-state index contributed by atoms with van der Waals surface area (Å²) in [4.78, 5) is 26.8. The molecule has 0 spiro atoms. The first-order chi connectivity index (χ1) is 14.8. The fraction of sp³-hybridized carbons (Fsp3) is 0.391. The molecule has 2 aromatic carbocycles. The van der Waals surface area contributed by atoms with Gasteiger partial charge in [0.25, 0.3) is 6.43 Å². The van der Waals surface area contributed by atoms with Gasteiger partial charge in [0.05, 0.1) is 17.7 Å². The number of carbonyl (C=O) groups excluding carboxylic acids is 2. The lowest BCUT2D eigenvalue weighted by molar-refractivity contribution is -0.174. The summed E-state index contributed by atoms with van der Waals surface area (Å²) in [6.45, 7) is 1.51. The number of likely N-dealkylation sites (tertiary alicyclic amines) is 1. The van der Waals surface area contributed by atoms with Gasteiger partial charge in [-0.1, -0.05) is 55.5 Å². The second-order valence-electron chi connectivity index (χ2n) is 7.63. The van der Waals surface area contributed by atoms with Crippen LogP contribution in [0, 0.1) is 5.92 Å². The number of aliphatic hydroxyl groups is 1. The van der Waals surface area contributed by atoms with E-state index in [4.69, 9.17) is 4.74 Å². The summed E-state index contributed by atoms with van der Waals surface area (Å²) in [5, 5.41) is 13.3. The monoisotopic (exact) mass is 432 g/mol. The van der Waals surface area contributed by atoms with Crippen molar-refractivity contribution in [1.29, 1.82) is 0 Å². The minimum absolute atomic E-state index is 0.0321. The molecule has 1 amide bonds. The Morgan fingerprint density at radius 3 is 2.23 bits per heavy atom. The third-order valence-electron chi connectivity index (χ3n) is 5.70. The minimum atomic E-state index is -2.81. The molecule has 3 rings (SSSR count). The van der Waals surface area contributed by atoms with Crippen LogP contribution in [0.4, 0.5) is 8.78 Å². The summed E-state index contributed by atoms with van der Waals surface area (Å²) >= 11 is 0. The Balaban J connectivity index is 2.00. The summed E-state index contributed by atoms with van der Waals surface area (Å²) in [7, 11) is 1.38. The van der Waals surface area contributed by atoms with Crippen LogP contribution >= 0.6 is 0 Å². The van der Waals surface area contributed by atoms with Gasteiger partial charge in [0.2, 0.25) is 5.91 Å². The summed E-state index contributed by atoms with van der Waals surface area (Å²) in [6.07, 6.45) is -5.58. The van der Waals surface area contributed by atoms with Crippen LogP contribution in [-0.2, 0) is 16.1 Å². The van der Waals surface area contributed by atoms with Gasteiger partial charge in [-0.25, -0.2) is 13.6 Å². The van der Waals surface area contributed by atoms with Crippen LogP contribution in [0.1, 0.15) is 22.8 Å². The lowest BCUT2D eigenvalue weighted by Gasteiger charge is -2.49. The lowest BCUT2D eigenvalue weighted by atomic mass is 9.81. The molecule has 2 N–H and O–H groups in total. The Morgan fingerprint density at radius 2 is 1.68 bits per heavy atom. The number of halogens is 2. The van der Waals surface area contributed by atoms with Crippen LogP contribution in [-0.4, -0.2) is 59.6 Å². The Labute approximate surface area is 179 Å². The average Bonchev–Trinajstić information content (AvgIpc) is 2.78. The quantitative estimate of drug-likeness (QED) is 0.686. The smallest absolute Gasteiger partial charge is 0.338 e. The van der Waals surface area contributed by atoms with Crippen LogP contribution in [0.3, 0.4) is 0 Å². The number of piperidine rings is 1. The number of esters is 1. The molecule has 166 valence electrons. The van der Waals surface area contributed by atoms with E-state index in [0.717, 1.165) is 5.56 Å². The molecule has 0 aromatic heterocycles. The van der Waals surface area contributed by atoms with Crippen LogP contribution in [0.15, 0.2) is 60.7 Å². The van der Waals surface area contributed by atoms with E-state index in [1.165, 1.54) is 18.9 Å². The number of hydrogen-bond donors (Lipinski definition) is 2. The topological polar surface area (TPSA) is 78.9 Å². The highest BCUT2D eigenvalue weighted by atomic mass is 19.3. The Hall–Kier alpha value is -2.84.